The molecule has 2 aliphatic carbocycles. The molecule has 1 N–H and O–H groups in total. The zero-order chi connectivity index (χ0) is 20.5. The number of hydrogen-bond donors (Lipinski definition) is 1. The van der Waals surface area contributed by atoms with Gasteiger partial charge in [-0.15, -0.1) is 11.3 Å². The Bertz CT molecular complexity index is 1150. The molecule has 0 saturated heterocycles. The first-order valence-corrected chi connectivity index (χ1v) is 11.2. The topological polar surface area (TPSA) is 68.3 Å². The Kier molecular flexibility index (Phi) is 5.09. The van der Waals surface area contributed by atoms with E-state index in [1.807, 2.05) is 30.3 Å². The number of hydrogen-bond acceptors (Lipinski definition) is 5. The van der Waals surface area contributed by atoms with E-state index >= 15 is 0 Å². The number of carbonyl (C=O) groups excluding carboxylic acids is 2. The fourth-order valence-corrected chi connectivity index (χ4v) is 4.64. The summed E-state index contributed by atoms with van der Waals surface area (Å²) in [6, 6.07) is 12.0. The molecule has 1 aromatic carbocycles. The molecule has 0 spiro atoms. The maximum Gasteiger partial charge on any atom is 0.339 e. The molecule has 6 heteroatoms. The predicted octanol–water partition coefficient (Wildman–Crippen LogP) is 4.61. The molecule has 5 nitrogen and oxygen atoms in total. The number of allylic oxidation sites excluding steroid dienone is 1. The summed E-state index contributed by atoms with van der Waals surface area (Å²) in [4.78, 5) is 31.2. The minimum absolute atomic E-state index is 0.239. The summed E-state index contributed by atoms with van der Waals surface area (Å²) in [6.45, 7) is -0.251. The monoisotopic (exact) mass is 418 g/mol. The summed E-state index contributed by atoms with van der Waals surface area (Å²) >= 11 is 1.69. The van der Waals surface area contributed by atoms with Crippen molar-refractivity contribution in [2.45, 2.75) is 38.1 Å². The first-order chi connectivity index (χ1) is 14.7. The summed E-state index contributed by atoms with van der Waals surface area (Å²) in [6.07, 6.45) is 6.82. The molecule has 0 atom stereocenters. The van der Waals surface area contributed by atoms with Gasteiger partial charge in [0.25, 0.3) is 5.91 Å². The number of thiophene rings is 1. The van der Waals surface area contributed by atoms with Crippen molar-refractivity contribution in [3.8, 4) is 0 Å². The number of para-hydroxylation sites is 1. The highest BCUT2D eigenvalue weighted by Gasteiger charge is 2.27. The SMILES string of the molecule is O=C(COC(=O)c1c2c(nc3ccccc13)/C(=C\c1cccs1)CCC2)NC1CC1. The highest BCUT2D eigenvalue weighted by molar-refractivity contribution is 7.10. The van der Waals surface area contributed by atoms with Crippen LogP contribution in [0.5, 0.6) is 0 Å². The van der Waals surface area contributed by atoms with Gasteiger partial charge in [0.15, 0.2) is 6.61 Å². The molecule has 3 aromatic rings. The van der Waals surface area contributed by atoms with E-state index in [9.17, 15) is 9.59 Å². The van der Waals surface area contributed by atoms with Crippen molar-refractivity contribution < 1.29 is 14.3 Å². The van der Waals surface area contributed by atoms with Gasteiger partial charge in [0.1, 0.15) is 0 Å². The highest BCUT2D eigenvalue weighted by atomic mass is 32.1. The number of ether oxygens (including phenoxy) is 1. The lowest BCUT2D eigenvalue weighted by Gasteiger charge is -2.22. The molecule has 0 bridgehead atoms. The largest absolute Gasteiger partial charge is 0.452 e. The van der Waals surface area contributed by atoms with Gasteiger partial charge >= 0.3 is 5.97 Å². The summed E-state index contributed by atoms with van der Waals surface area (Å²) in [5.41, 5.74) is 4.26. The second kappa shape index (κ2) is 8.03. The fourth-order valence-electron chi connectivity index (χ4n) is 3.95. The van der Waals surface area contributed by atoms with Gasteiger partial charge in [-0.1, -0.05) is 24.3 Å². The number of nitrogens with one attached hydrogen (secondary N) is 1. The highest BCUT2D eigenvalue weighted by Crippen LogP contribution is 2.36. The third kappa shape index (κ3) is 3.87. The van der Waals surface area contributed by atoms with Crippen LogP contribution in [0.3, 0.4) is 0 Å². The molecule has 2 heterocycles. The summed E-state index contributed by atoms with van der Waals surface area (Å²) in [5, 5.41) is 5.69. The summed E-state index contributed by atoms with van der Waals surface area (Å²) < 4.78 is 5.44. The maximum atomic E-state index is 13.1. The molecule has 1 amide bonds. The van der Waals surface area contributed by atoms with Crippen molar-refractivity contribution in [1.29, 1.82) is 0 Å². The number of esters is 1. The first kappa shape index (κ1) is 19.0. The average molecular weight is 419 g/mol. The molecular weight excluding hydrogens is 396 g/mol. The van der Waals surface area contributed by atoms with Crippen LogP contribution < -0.4 is 5.32 Å². The van der Waals surface area contributed by atoms with E-state index in [1.54, 1.807) is 11.3 Å². The van der Waals surface area contributed by atoms with E-state index in [0.29, 0.717) is 5.56 Å². The van der Waals surface area contributed by atoms with Gasteiger partial charge < -0.3 is 10.1 Å². The Labute approximate surface area is 178 Å². The molecule has 152 valence electrons. The minimum atomic E-state index is -0.451. The third-order valence-corrected chi connectivity index (χ3v) is 6.33. The fraction of sp³-hybridized carbons (Fsp3) is 0.292. The van der Waals surface area contributed by atoms with E-state index in [-0.39, 0.29) is 18.6 Å². The predicted molar refractivity (Wildman–Crippen MR) is 118 cm³/mol. The molecule has 2 aliphatic rings. The number of pyridine rings is 1. The lowest BCUT2D eigenvalue weighted by atomic mass is 9.86. The van der Waals surface area contributed by atoms with Gasteiger partial charge in [0.05, 0.1) is 16.8 Å². The van der Waals surface area contributed by atoms with Crippen LogP contribution in [0.15, 0.2) is 41.8 Å². The van der Waals surface area contributed by atoms with Gasteiger partial charge in [-0.25, -0.2) is 9.78 Å². The van der Waals surface area contributed by atoms with Crippen LogP contribution in [-0.4, -0.2) is 29.5 Å². The van der Waals surface area contributed by atoms with Crippen LogP contribution in [0, 0.1) is 0 Å². The molecule has 2 aromatic heterocycles. The van der Waals surface area contributed by atoms with E-state index in [1.165, 1.54) is 4.88 Å². The van der Waals surface area contributed by atoms with Gasteiger partial charge in [-0.3, -0.25) is 4.79 Å². The van der Waals surface area contributed by atoms with Crippen LogP contribution >= 0.6 is 11.3 Å². The van der Waals surface area contributed by atoms with Gasteiger partial charge in [-0.2, -0.15) is 0 Å². The van der Waals surface area contributed by atoms with Crippen LogP contribution in [0.4, 0.5) is 0 Å². The van der Waals surface area contributed by atoms with E-state index < -0.39 is 5.97 Å². The summed E-state index contributed by atoms with van der Waals surface area (Å²) in [7, 11) is 0. The van der Waals surface area contributed by atoms with Crippen molar-refractivity contribution in [1.82, 2.24) is 10.3 Å². The molecule has 1 saturated carbocycles. The van der Waals surface area contributed by atoms with Crippen LogP contribution in [0.25, 0.3) is 22.6 Å². The Morgan fingerprint density at radius 2 is 2.03 bits per heavy atom. The van der Waals surface area contributed by atoms with Crippen LogP contribution in [0.2, 0.25) is 0 Å². The molecule has 5 rings (SSSR count). The Hall–Kier alpha value is -2.99. The van der Waals surface area contributed by atoms with Crippen molar-refractivity contribution in [2.24, 2.45) is 0 Å². The standard InChI is InChI=1S/C24H22N2O3S/c27-21(25-16-10-11-16)14-29-24(28)22-18-7-1-2-9-20(18)26-23-15(5-3-8-19(22)23)13-17-6-4-12-30-17/h1-2,4,6-7,9,12-13,16H,3,5,8,10-11,14H2,(H,25,27)/b15-13-. The molecule has 0 radical (unpaired) electrons. The van der Waals surface area contributed by atoms with Gasteiger partial charge in [0, 0.05) is 16.3 Å². The Balaban J connectivity index is 1.53. The van der Waals surface area contributed by atoms with Crippen LogP contribution in [0.1, 0.15) is 52.2 Å². The van der Waals surface area contributed by atoms with Crippen LogP contribution in [-0.2, 0) is 16.0 Å². The quantitative estimate of drug-likeness (QED) is 0.615. The molecule has 30 heavy (non-hydrogen) atoms. The molecule has 0 aliphatic heterocycles. The lowest BCUT2D eigenvalue weighted by molar-refractivity contribution is -0.124. The zero-order valence-corrected chi connectivity index (χ0v) is 17.3. The van der Waals surface area contributed by atoms with Crippen molar-refractivity contribution in [2.75, 3.05) is 6.61 Å². The molecule has 0 unspecified atom stereocenters. The maximum absolute atomic E-state index is 13.1. The average Bonchev–Trinajstić information content (AvgIpc) is 3.42. The second-order valence-corrected chi connectivity index (χ2v) is 8.77. The van der Waals surface area contributed by atoms with Crippen molar-refractivity contribution in [3.05, 3.63) is 63.5 Å². The number of aromatic nitrogens is 1. The number of fused-ring (bicyclic) bond motifs is 2. The number of carbonyl (C=O) groups is 2. The molecule has 1 fully saturated rings. The van der Waals surface area contributed by atoms with Crippen molar-refractivity contribution in [3.63, 3.8) is 0 Å². The third-order valence-electron chi connectivity index (χ3n) is 5.51. The van der Waals surface area contributed by atoms with E-state index in [4.69, 9.17) is 9.72 Å². The molecular formula is C24H22N2O3S. The van der Waals surface area contributed by atoms with Gasteiger partial charge in [0.2, 0.25) is 0 Å². The summed E-state index contributed by atoms with van der Waals surface area (Å²) in [5.74, 6) is -0.690. The number of rotatable bonds is 5. The minimum Gasteiger partial charge on any atom is -0.452 e. The Morgan fingerprint density at radius 1 is 1.17 bits per heavy atom. The number of amides is 1. The second-order valence-electron chi connectivity index (χ2n) is 7.79. The lowest BCUT2D eigenvalue weighted by Crippen LogP contribution is -2.30. The van der Waals surface area contributed by atoms with Gasteiger partial charge in [-0.05, 0) is 66.8 Å². The van der Waals surface area contributed by atoms with E-state index in [0.717, 1.165) is 59.8 Å². The normalized spacial score (nSPS) is 17.0. The Morgan fingerprint density at radius 3 is 2.83 bits per heavy atom. The smallest absolute Gasteiger partial charge is 0.339 e. The zero-order valence-electron chi connectivity index (χ0n) is 16.5. The number of benzene rings is 1. The van der Waals surface area contributed by atoms with Crippen molar-refractivity contribution >= 4 is 45.8 Å². The first-order valence-electron chi connectivity index (χ1n) is 10.3. The van der Waals surface area contributed by atoms with E-state index in [2.05, 4.69) is 22.8 Å². The number of nitrogens with zero attached hydrogens (tertiary/aromatic N) is 1.